The Bertz CT molecular complexity index is 3190. The maximum atomic E-state index is 5.25. The highest BCUT2D eigenvalue weighted by molar-refractivity contribution is 7.26. The molecule has 0 saturated carbocycles. The van der Waals surface area contributed by atoms with Crippen molar-refractivity contribution in [2.75, 3.05) is 0 Å². The highest BCUT2D eigenvalue weighted by Crippen LogP contribution is 2.41. The SMILES string of the molecule is c1ccc(-c2ccc(-c3nc(-c4ccc(-c5cccc6c5sc5ccccc56)cc4)nc(-c4ccccn4)n3)c(-n3c4ccccc4c4ccccc43)c2)cc1. The number of fused-ring (bicyclic) bond motifs is 6. The van der Waals surface area contributed by atoms with E-state index in [0.717, 1.165) is 44.5 Å². The molecule has 0 aliphatic carbocycles. The molecule has 4 aromatic heterocycles. The lowest BCUT2D eigenvalue weighted by atomic mass is 10.0. The van der Waals surface area contributed by atoms with Crippen LogP contribution in [0.25, 0.3) is 104 Å². The van der Waals surface area contributed by atoms with Crippen LogP contribution in [0, 0.1) is 0 Å². The van der Waals surface area contributed by atoms with Crippen molar-refractivity contribution < 1.29 is 0 Å². The number of nitrogens with zero attached hydrogens (tertiary/aromatic N) is 5. The molecule has 0 aliphatic rings. The monoisotopic (exact) mass is 733 g/mol. The summed E-state index contributed by atoms with van der Waals surface area (Å²) in [7, 11) is 0. The molecule has 6 heteroatoms. The van der Waals surface area contributed by atoms with Gasteiger partial charge in [0, 0.05) is 48.3 Å². The van der Waals surface area contributed by atoms with Crippen molar-refractivity contribution in [2.24, 2.45) is 0 Å². The number of benzene rings is 7. The van der Waals surface area contributed by atoms with E-state index in [0.29, 0.717) is 23.2 Å². The van der Waals surface area contributed by atoms with Crippen LogP contribution in [0.3, 0.4) is 0 Å². The fourth-order valence-corrected chi connectivity index (χ4v) is 9.14. The number of para-hydroxylation sites is 2. The Morgan fingerprint density at radius 3 is 1.79 bits per heavy atom. The van der Waals surface area contributed by atoms with Gasteiger partial charge in [0.2, 0.25) is 0 Å². The van der Waals surface area contributed by atoms with Crippen LogP contribution in [0.2, 0.25) is 0 Å². The molecule has 0 radical (unpaired) electrons. The summed E-state index contributed by atoms with van der Waals surface area (Å²) >= 11 is 1.84. The molecule has 7 aromatic carbocycles. The quantitative estimate of drug-likeness (QED) is 0.171. The van der Waals surface area contributed by atoms with Crippen molar-refractivity contribution in [3.63, 3.8) is 0 Å². The standard InChI is InChI=1S/C50H31N5S/c1-2-13-32(14-3-1)35-28-29-41(45(31-35)55-43-21-7-4-15-37(43)38-16-5-8-22-44(38)55)49-52-48(53-50(54-49)42-20-10-11-30-51-42)34-26-24-33(25-27-34)36-18-12-19-40-39-17-6-9-23-46(39)56-47(36)40/h1-31H. The number of pyridine rings is 1. The zero-order valence-corrected chi connectivity index (χ0v) is 30.9. The third-order valence-electron chi connectivity index (χ3n) is 10.6. The van der Waals surface area contributed by atoms with Gasteiger partial charge in [-0.25, -0.2) is 15.0 Å². The minimum Gasteiger partial charge on any atom is -0.308 e. The molecule has 0 bridgehead atoms. The van der Waals surface area contributed by atoms with E-state index in [4.69, 9.17) is 15.0 Å². The van der Waals surface area contributed by atoms with Gasteiger partial charge in [0.25, 0.3) is 0 Å². The van der Waals surface area contributed by atoms with Crippen LogP contribution < -0.4 is 0 Å². The molecule has 11 rings (SSSR count). The summed E-state index contributed by atoms with van der Waals surface area (Å²) in [6.07, 6.45) is 1.78. The summed E-state index contributed by atoms with van der Waals surface area (Å²) in [5, 5.41) is 4.96. The van der Waals surface area contributed by atoms with Gasteiger partial charge in [-0.3, -0.25) is 4.98 Å². The summed E-state index contributed by atoms with van der Waals surface area (Å²) in [4.78, 5) is 20.1. The fraction of sp³-hybridized carbons (Fsp3) is 0. The average molecular weight is 734 g/mol. The molecule has 56 heavy (non-hydrogen) atoms. The smallest absolute Gasteiger partial charge is 0.182 e. The lowest BCUT2D eigenvalue weighted by Crippen LogP contribution is -2.04. The van der Waals surface area contributed by atoms with Crippen LogP contribution in [-0.2, 0) is 0 Å². The average Bonchev–Trinajstić information content (AvgIpc) is 3.83. The van der Waals surface area contributed by atoms with Gasteiger partial charge in [-0.2, -0.15) is 0 Å². The molecule has 0 atom stereocenters. The normalized spacial score (nSPS) is 11.6. The van der Waals surface area contributed by atoms with Gasteiger partial charge < -0.3 is 4.57 Å². The maximum absolute atomic E-state index is 5.25. The van der Waals surface area contributed by atoms with Gasteiger partial charge in [0.05, 0.1) is 16.7 Å². The second kappa shape index (κ2) is 13.2. The topological polar surface area (TPSA) is 56.5 Å². The third-order valence-corrected chi connectivity index (χ3v) is 11.8. The lowest BCUT2D eigenvalue weighted by Gasteiger charge is -2.16. The molecule has 5 nitrogen and oxygen atoms in total. The predicted octanol–water partition coefficient (Wildman–Crippen LogP) is 13.1. The van der Waals surface area contributed by atoms with Crippen LogP contribution in [0.1, 0.15) is 0 Å². The molecule has 0 unspecified atom stereocenters. The summed E-state index contributed by atoms with van der Waals surface area (Å²) in [6.45, 7) is 0. The zero-order chi connectivity index (χ0) is 37.0. The van der Waals surface area contributed by atoms with E-state index < -0.39 is 0 Å². The number of hydrogen-bond acceptors (Lipinski definition) is 5. The minimum atomic E-state index is 0.519. The van der Waals surface area contributed by atoms with E-state index in [-0.39, 0.29) is 0 Å². The Morgan fingerprint density at radius 2 is 1.02 bits per heavy atom. The Morgan fingerprint density at radius 1 is 0.393 bits per heavy atom. The molecule has 262 valence electrons. The van der Waals surface area contributed by atoms with E-state index in [1.807, 2.05) is 35.6 Å². The summed E-state index contributed by atoms with van der Waals surface area (Å²) in [5.41, 5.74) is 10.3. The maximum Gasteiger partial charge on any atom is 0.182 e. The van der Waals surface area contributed by atoms with Crippen LogP contribution in [0.5, 0.6) is 0 Å². The van der Waals surface area contributed by atoms with E-state index in [1.165, 1.54) is 36.5 Å². The van der Waals surface area contributed by atoms with Crippen LogP contribution >= 0.6 is 11.3 Å². The van der Waals surface area contributed by atoms with Crippen molar-refractivity contribution in [1.82, 2.24) is 24.5 Å². The lowest BCUT2D eigenvalue weighted by molar-refractivity contribution is 1.05. The van der Waals surface area contributed by atoms with Gasteiger partial charge in [0.15, 0.2) is 17.5 Å². The molecular weight excluding hydrogens is 703 g/mol. The second-order valence-electron chi connectivity index (χ2n) is 13.8. The number of hydrogen-bond donors (Lipinski definition) is 0. The molecule has 11 aromatic rings. The highest BCUT2D eigenvalue weighted by Gasteiger charge is 2.21. The zero-order valence-electron chi connectivity index (χ0n) is 30.0. The van der Waals surface area contributed by atoms with E-state index >= 15 is 0 Å². The van der Waals surface area contributed by atoms with Gasteiger partial charge in [-0.15, -0.1) is 11.3 Å². The van der Waals surface area contributed by atoms with Crippen LogP contribution in [-0.4, -0.2) is 24.5 Å². The molecule has 0 spiro atoms. The van der Waals surface area contributed by atoms with Crippen LogP contribution in [0.4, 0.5) is 0 Å². The summed E-state index contributed by atoms with van der Waals surface area (Å²) in [6, 6.07) is 63.9. The van der Waals surface area contributed by atoms with E-state index in [2.05, 4.69) is 167 Å². The number of thiophene rings is 1. The van der Waals surface area contributed by atoms with Gasteiger partial charge in [-0.05, 0) is 64.7 Å². The van der Waals surface area contributed by atoms with Gasteiger partial charge in [-0.1, -0.05) is 140 Å². The van der Waals surface area contributed by atoms with Crippen molar-refractivity contribution in [1.29, 1.82) is 0 Å². The largest absolute Gasteiger partial charge is 0.308 e. The molecule has 0 N–H and O–H groups in total. The Balaban J connectivity index is 1.11. The van der Waals surface area contributed by atoms with Crippen molar-refractivity contribution in [3.8, 4) is 62.2 Å². The van der Waals surface area contributed by atoms with Gasteiger partial charge >= 0.3 is 0 Å². The Labute approximate surface area is 326 Å². The third kappa shape index (κ3) is 5.38. The highest BCUT2D eigenvalue weighted by atomic mass is 32.1. The van der Waals surface area contributed by atoms with E-state index in [1.54, 1.807) is 6.20 Å². The summed E-state index contributed by atoms with van der Waals surface area (Å²) in [5.74, 6) is 1.68. The molecule has 0 amide bonds. The predicted molar refractivity (Wildman–Crippen MR) is 232 cm³/mol. The molecule has 0 saturated heterocycles. The minimum absolute atomic E-state index is 0.519. The first-order valence-corrected chi connectivity index (χ1v) is 19.5. The molecule has 0 aliphatic heterocycles. The van der Waals surface area contributed by atoms with E-state index in [9.17, 15) is 0 Å². The Kier molecular flexibility index (Phi) is 7.60. The summed E-state index contributed by atoms with van der Waals surface area (Å²) < 4.78 is 4.93. The first-order chi connectivity index (χ1) is 27.8. The number of aromatic nitrogens is 5. The van der Waals surface area contributed by atoms with Crippen molar-refractivity contribution in [2.45, 2.75) is 0 Å². The van der Waals surface area contributed by atoms with Gasteiger partial charge in [0.1, 0.15) is 5.69 Å². The van der Waals surface area contributed by atoms with Crippen molar-refractivity contribution >= 4 is 53.3 Å². The first kappa shape index (κ1) is 32.2. The second-order valence-corrected chi connectivity index (χ2v) is 14.9. The molecular formula is C50H31N5S. The molecule has 4 heterocycles. The Hall–Kier alpha value is -7.28. The first-order valence-electron chi connectivity index (χ1n) is 18.6. The van der Waals surface area contributed by atoms with Crippen molar-refractivity contribution in [3.05, 3.63) is 188 Å². The molecule has 0 fully saturated rings. The van der Waals surface area contributed by atoms with Crippen LogP contribution in [0.15, 0.2) is 188 Å². The fourth-order valence-electron chi connectivity index (χ4n) is 7.91. The number of rotatable bonds is 6.